The molecule has 12 rings (SSSR count). The molecule has 0 N–H and O–H groups in total. The van der Waals surface area contributed by atoms with Gasteiger partial charge in [0.05, 0.1) is 22.4 Å². The van der Waals surface area contributed by atoms with Gasteiger partial charge in [0.25, 0.3) is 0 Å². The van der Waals surface area contributed by atoms with Crippen molar-refractivity contribution < 1.29 is 24.5 Å². The van der Waals surface area contributed by atoms with Crippen LogP contribution in [-0.4, -0.2) is 19.5 Å². The van der Waals surface area contributed by atoms with E-state index in [1.54, 1.807) is 0 Å². The van der Waals surface area contributed by atoms with E-state index in [1.807, 2.05) is 73.1 Å². The summed E-state index contributed by atoms with van der Waals surface area (Å²) in [5.74, 6) is 1.45. The molecule has 0 aliphatic heterocycles. The SMILES string of the molecule is CC(C)c1cc(-c2ccccc2)cc(C(C)C)c1-n1c(-c2[c-]ccc3c2oc2ccccc23)nc2ccccc21.[Ir+3].[c-]1cc(CCc2cccc(CCc3ccc(-c4[c-]cccc4)nc3)c2)ccc1-c1ccccn1. The van der Waals surface area contributed by atoms with Crippen molar-refractivity contribution in [3.05, 3.63) is 264 Å². The fourth-order valence-electron chi connectivity index (χ4n) is 9.99. The number of aromatic nitrogens is 4. The number of rotatable bonds is 13. The summed E-state index contributed by atoms with van der Waals surface area (Å²) in [5, 5.41) is 2.18. The number of para-hydroxylation sites is 3. The molecule has 0 aliphatic rings. The van der Waals surface area contributed by atoms with Gasteiger partial charge in [0.15, 0.2) is 0 Å². The van der Waals surface area contributed by atoms with Crippen molar-refractivity contribution in [3.63, 3.8) is 0 Å². The van der Waals surface area contributed by atoms with Gasteiger partial charge in [0.2, 0.25) is 0 Å². The van der Waals surface area contributed by atoms with Crippen LogP contribution in [0.3, 0.4) is 0 Å². The van der Waals surface area contributed by atoms with E-state index >= 15 is 0 Å². The molecular weight excluding hydrogens is 1090 g/mol. The minimum Gasteiger partial charge on any atom is -0.501 e. The quantitative estimate of drug-likeness (QED) is 0.108. The number of imidazole rings is 1. The number of hydrogen-bond acceptors (Lipinski definition) is 4. The van der Waals surface area contributed by atoms with Crippen molar-refractivity contribution in [2.45, 2.75) is 65.2 Å². The molecule has 75 heavy (non-hydrogen) atoms. The van der Waals surface area contributed by atoms with Crippen LogP contribution in [0.2, 0.25) is 0 Å². The second-order valence-electron chi connectivity index (χ2n) is 19.6. The van der Waals surface area contributed by atoms with Crippen molar-refractivity contribution in [2.24, 2.45) is 0 Å². The number of benzene rings is 8. The molecular formula is C69H57IrN4O. The Morgan fingerprint density at radius 1 is 0.507 bits per heavy atom. The number of fused-ring (bicyclic) bond motifs is 4. The zero-order chi connectivity index (χ0) is 50.4. The van der Waals surface area contributed by atoms with Crippen LogP contribution in [-0.2, 0) is 45.8 Å². The van der Waals surface area contributed by atoms with Gasteiger partial charge in [0, 0.05) is 23.5 Å². The predicted octanol–water partition coefficient (Wildman–Crippen LogP) is 17.3. The molecule has 5 nitrogen and oxygen atoms in total. The molecule has 8 aromatic carbocycles. The van der Waals surface area contributed by atoms with Crippen LogP contribution in [0, 0.1) is 18.2 Å². The monoisotopic (exact) mass is 1150 g/mol. The second-order valence-corrected chi connectivity index (χ2v) is 19.6. The van der Waals surface area contributed by atoms with Crippen LogP contribution in [0.4, 0.5) is 0 Å². The van der Waals surface area contributed by atoms with Crippen LogP contribution in [0.15, 0.2) is 217 Å². The zero-order valence-corrected chi connectivity index (χ0v) is 45.1. The predicted molar refractivity (Wildman–Crippen MR) is 305 cm³/mol. The van der Waals surface area contributed by atoms with Gasteiger partial charge in [-0.1, -0.05) is 154 Å². The van der Waals surface area contributed by atoms with Gasteiger partial charge in [0.1, 0.15) is 5.58 Å². The molecule has 0 radical (unpaired) electrons. The smallest absolute Gasteiger partial charge is 0.501 e. The van der Waals surface area contributed by atoms with Crippen molar-refractivity contribution in [1.29, 1.82) is 0 Å². The summed E-state index contributed by atoms with van der Waals surface area (Å²) in [5.41, 5.74) is 20.2. The van der Waals surface area contributed by atoms with Crippen molar-refractivity contribution >= 4 is 33.0 Å². The number of hydrogen-bond donors (Lipinski definition) is 0. The maximum atomic E-state index is 6.47. The molecule has 4 aromatic heterocycles. The first kappa shape index (κ1) is 50.5. The Morgan fingerprint density at radius 3 is 1.89 bits per heavy atom. The largest absolute Gasteiger partial charge is 3.00 e. The first-order valence-electron chi connectivity index (χ1n) is 25.8. The first-order valence-corrected chi connectivity index (χ1v) is 25.8. The van der Waals surface area contributed by atoms with E-state index in [9.17, 15) is 0 Å². The van der Waals surface area contributed by atoms with E-state index < -0.39 is 0 Å². The van der Waals surface area contributed by atoms with E-state index in [4.69, 9.17) is 9.40 Å². The van der Waals surface area contributed by atoms with E-state index in [0.29, 0.717) is 11.8 Å². The molecule has 368 valence electrons. The molecule has 0 saturated heterocycles. The molecule has 6 heteroatoms. The summed E-state index contributed by atoms with van der Waals surface area (Å²) in [6, 6.07) is 79.8. The van der Waals surface area contributed by atoms with E-state index in [0.717, 1.165) is 92.6 Å². The fourth-order valence-corrected chi connectivity index (χ4v) is 9.99. The van der Waals surface area contributed by atoms with Gasteiger partial charge < -0.3 is 19.0 Å². The molecule has 0 atom stereocenters. The van der Waals surface area contributed by atoms with Gasteiger partial charge in [-0.2, -0.15) is 0 Å². The molecule has 0 unspecified atom stereocenters. The molecule has 12 aromatic rings. The summed E-state index contributed by atoms with van der Waals surface area (Å²) in [6.07, 6.45) is 7.83. The fraction of sp³-hybridized carbons (Fsp3) is 0.145. The number of aryl methyl sites for hydroxylation is 4. The van der Waals surface area contributed by atoms with E-state index in [2.05, 4.69) is 200 Å². The van der Waals surface area contributed by atoms with Crippen LogP contribution in [0.25, 0.3) is 83.7 Å². The average Bonchev–Trinajstić information content (AvgIpc) is 4.04. The summed E-state index contributed by atoms with van der Waals surface area (Å²) in [4.78, 5) is 14.3. The molecule has 0 fully saturated rings. The Hall–Kier alpha value is -8.02. The Kier molecular flexibility index (Phi) is 15.5. The van der Waals surface area contributed by atoms with Gasteiger partial charge in [-0.15, -0.1) is 89.5 Å². The maximum absolute atomic E-state index is 6.47. The Balaban J connectivity index is 0.000000171. The van der Waals surface area contributed by atoms with Crippen molar-refractivity contribution in [1.82, 2.24) is 19.5 Å². The summed E-state index contributed by atoms with van der Waals surface area (Å²) in [6.45, 7) is 9.12. The Bertz CT molecular complexity index is 3690. The molecule has 0 spiro atoms. The number of furan rings is 1. The van der Waals surface area contributed by atoms with Gasteiger partial charge in [-0.05, 0) is 118 Å². The van der Waals surface area contributed by atoms with Gasteiger partial charge >= 0.3 is 20.1 Å². The molecule has 0 amide bonds. The molecule has 0 saturated carbocycles. The zero-order valence-electron chi connectivity index (χ0n) is 42.7. The average molecular weight is 1150 g/mol. The summed E-state index contributed by atoms with van der Waals surface area (Å²) in [7, 11) is 0. The number of pyridine rings is 2. The van der Waals surface area contributed by atoms with Crippen LogP contribution < -0.4 is 0 Å². The maximum Gasteiger partial charge on any atom is 3.00 e. The van der Waals surface area contributed by atoms with E-state index in [-0.39, 0.29) is 20.1 Å². The summed E-state index contributed by atoms with van der Waals surface area (Å²) >= 11 is 0. The Morgan fingerprint density at radius 2 is 1.19 bits per heavy atom. The first-order chi connectivity index (χ1) is 36.3. The van der Waals surface area contributed by atoms with Gasteiger partial charge in [-0.3, -0.25) is 4.98 Å². The van der Waals surface area contributed by atoms with Crippen LogP contribution in [0.5, 0.6) is 0 Å². The molecule has 4 heterocycles. The minimum atomic E-state index is 0. The summed E-state index contributed by atoms with van der Waals surface area (Å²) < 4.78 is 8.83. The standard InChI is InChI=1S/C37H31N2O.C32H26N2.Ir/c1-23(2)30-21-26(25-13-6-5-7-14-25)22-31(24(3)4)35(30)39-33-19-10-9-18-32(33)38-37(39)29-17-12-16-28-27-15-8-11-20-34(27)40-36(28)29;1-2-9-29(10-3-1)32-21-18-28(24-34-32)15-14-27-8-6-7-26(23-27)13-12-25-16-19-30(20-17-25)31-11-4-5-22-33-31;/h5-16,18-24H,1-4H3;1-9,11,16-19,21-24H,12-15H2;/q-1;-2;+3. The normalized spacial score (nSPS) is 11.3. The topological polar surface area (TPSA) is 56.7 Å². The van der Waals surface area contributed by atoms with Gasteiger partial charge in [-0.25, -0.2) is 0 Å². The van der Waals surface area contributed by atoms with Crippen LogP contribution >= 0.6 is 0 Å². The third-order valence-electron chi connectivity index (χ3n) is 13.9. The van der Waals surface area contributed by atoms with Crippen molar-refractivity contribution in [2.75, 3.05) is 0 Å². The van der Waals surface area contributed by atoms with E-state index in [1.165, 1.54) is 50.2 Å². The third-order valence-corrected chi connectivity index (χ3v) is 13.9. The second kappa shape index (κ2) is 23.0. The van der Waals surface area contributed by atoms with Crippen molar-refractivity contribution in [3.8, 4) is 50.7 Å². The number of nitrogens with zero attached hydrogens (tertiary/aromatic N) is 4. The van der Waals surface area contributed by atoms with Crippen LogP contribution in [0.1, 0.15) is 72.9 Å². The molecule has 0 bridgehead atoms. The Labute approximate surface area is 454 Å². The minimum absolute atomic E-state index is 0. The third kappa shape index (κ3) is 11.1. The molecule has 0 aliphatic carbocycles.